The zero-order valence-electron chi connectivity index (χ0n) is 9.84. The van der Waals surface area contributed by atoms with Crippen molar-refractivity contribution in [3.05, 3.63) is 0 Å². The molecule has 1 saturated carbocycles. The molecule has 0 bridgehead atoms. The minimum atomic E-state index is -0.364. The average molecular weight is 199 g/mol. The smallest absolute Gasteiger partial charge is 0.0676 e. The van der Waals surface area contributed by atoms with E-state index in [9.17, 15) is 5.11 Å². The van der Waals surface area contributed by atoms with Crippen LogP contribution in [0.1, 0.15) is 52.4 Å². The maximum Gasteiger partial charge on any atom is 0.0676 e. The van der Waals surface area contributed by atoms with Crippen LogP contribution in [0, 0.1) is 5.92 Å². The first-order valence-corrected chi connectivity index (χ1v) is 6.06. The first kappa shape index (κ1) is 12.0. The SMILES string of the molecule is CCC(CC)C1(O)CCC(NC)CC1. The predicted molar refractivity (Wildman–Crippen MR) is 60.3 cm³/mol. The maximum atomic E-state index is 10.5. The van der Waals surface area contributed by atoms with Crippen molar-refractivity contribution < 1.29 is 5.11 Å². The zero-order valence-corrected chi connectivity index (χ0v) is 9.84. The summed E-state index contributed by atoms with van der Waals surface area (Å²) in [4.78, 5) is 0. The van der Waals surface area contributed by atoms with Gasteiger partial charge in [-0.15, -0.1) is 0 Å². The highest BCUT2D eigenvalue weighted by Gasteiger charge is 2.37. The summed E-state index contributed by atoms with van der Waals surface area (Å²) in [5.74, 6) is 0.500. The molecule has 1 rings (SSSR count). The van der Waals surface area contributed by atoms with Gasteiger partial charge in [0.15, 0.2) is 0 Å². The van der Waals surface area contributed by atoms with Crippen LogP contribution in [0.2, 0.25) is 0 Å². The van der Waals surface area contributed by atoms with Gasteiger partial charge in [-0.2, -0.15) is 0 Å². The summed E-state index contributed by atoms with van der Waals surface area (Å²) < 4.78 is 0. The van der Waals surface area contributed by atoms with Gasteiger partial charge in [0.1, 0.15) is 0 Å². The lowest BCUT2D eigenvalue weighted by molar-refractivity contribution is -0.0569. The Morgan fingerprint density at radius 2 is 1.79 bits per heavy atom. The monoisotopic (exact) mass is 199 g/mol. The summed E-state index contributed by atoms with van der Waals surface area (Å²) in [6, 6.07) is 0.629. The molecule has 2 nitrogen and oxygen atoms in total. The molecule has 14 heavy (non-hydrogen) atoms. The molecule has 2 N–H and O–H groups in total. The Kier molecular flexibility index (Phi) is 4.39. The lowest BCUT2D eigenvalue weighted by Gasteiger charge is -2.41. The quantitative estimate of drug-likeness (QED) is 0.728. The molecule has 1 fully saturated rings. The summed E-state index contributed by atoms with van der Waals surface area (Å²) >= 11 is 0. The summed E-state index contributed by atoms with van der Waals surface area (Å²) in [5, 5.41) is 13.8. The van der Waals surface area contributed by atoms with Gasteiger partial charge in [-0.3, -0.25) is 0 Å². The highest BCUT2D eigenvalue weighted by molar-refractivity contribution is 4.91. The predicted octanol–water partition coefficient (Wildman–Crippen LogP) is 2.32. The van der Waals surface area contributed by atoms with Gasteiger partial charge >= 0.3 is 0 Å². The number of rotatable bonds is 4. The van der Waals surface area contributed by atoms with E-state index in [0.29, 0.717) is 12.0 Å². The van der Waals surface area contributed by atoms with Crippen molar-refractivity contribution in [1.29, 1.82) is 0 Å². The molecule has 2 heteroatoms. The molecule has 0 aromatic heterocycles. The number of nitrogens with one attached hydrogen (secondary N) is 1. The third-order valence-electron chi connectivity index (χ3n) is 4.01. The third kappa shape index (κ3) is 2.48. The van der Waals surface area contributed by atoms with Gasteiger partial charge < -0.3 is 10.4 Å². The van der Waals surface area contributed by atoms with E-state index in [0.717, 1.165) is 38.5 Å². The Morgan fingerprint density at radius 3 is 2.14 bits per heavy atom. The van der Waals surface area contributed by atoms with Gasteiger partial charge in [-0.1, -0.05) is 26.7 Å². The second-order valence-corrected chi connectivity index (χ2v) is 4.68. The Hall–Kier alpha value is -0.0800. The fourth-order valence-corrected chi connectivity index (χ4v) is 2.86. The van der Waals surface area contributed by atoms with E-state index < -0.39 is 0 Å². The minimum absolute atomic E-state index is 0.364. The van der Waals surface area contributed by atoms with Crippen LogP contribution in [-0.2, 0) is 0 Å². The van der Waals surface area contributed by atoms with Crippen LogP contribution >= 0.6 is 0 Å². The van der Waals surface area contributed by atoms with Crippen LogP contribution in [-0.4, -0.2) is 23.8 Å². The van der Waals surface area contributed by atoms with E-state index >= 15 is 0 Å². The zero-order chi connectivity index (χ0) is 10.6. The van der Waals surface area contributed by atoms with Gasteiger partial charge in [0.25, 0.3) is 0 Å². The lowest BCUT2D eigenvalue weighted by atomic mass is 9.72. The number of hydrogen-bond donors (Lipinski definition) is 2. The summed E-state index contributed by atoms with van der Waals surface area (Å²) in [7, 11) is 2.02. The van der Waals surface area contributed by atoms with Gasteiger partial charge in [0, 0.05) is 6.04 Å². The van der Waals surface area contributed by atoms with Crippen LogP contribution in [0.3, 0.4) is 0 Å². The van der Waals surface area contributed by atoms with Crippen molar-refractivity contribution >= 4 is 0 Å². The van der Waals surface area contributed by atoms with Crippen molar-refractivity contribution in [3.8, 4) is 0 Å². The second-order valence-electron chi connectivity index (χ2n) is 4.68. The molecular weight excluding hydrogens is 174 g/mol. The second kappa shape index (κ2) is 5.13. The van der Waals surface area contributed by atoms with Crippen LogP contribution in [0.4, 0.5) is 0 Å². The lowest BCUT2D eigenvalue weighted by Crippen LogP contribution is -2.44. The highest BCUT2D eigenvalue weighted by Crippen LogP contribution is 2.37. The summed E-state index contributed by atoms with van der Waals surface area (Å²) in [5.41, 5.74) is -0.364. The molecular formula is C12H25NO. The average Bonchev–Trinajstić information content (AvgIpc) is 2.20. The fraction of sp³-hybridized carbons (Fsp3) is 1.00. The van der Waals surface area contributed by atoms with Crippen molar-refractivity contribution in [3.63, 3.8) is 0 Å². The Bertz CT molecular complexity index is 158. The molecule has 0 aromatic carbocycles. The van der Waals surface area contributed by atoms with Crippen LogP contribution in [0.25, 0.3) is 0 Å². The molecule has 0 radical (unpaired) electrons. The van der Waals surface area contributed by atoms with Gasteiger partial charge in [-0.05, 0) is 38.6 Å². The molecule has 0 heterocycles. The number of hydrogen-bond acceptors (Lipinski definition) is 2. The topological polar surface area (TPSA) is 32.3 Å². The third-order valence-corrected chi connectivity index (χ3v) is 4.01. The standard InChI is InChI=1S/C12H25NO/c1-4-10(5-2)12(14)8-6-11(13-3)7-9-12/h10-11,13-14H,4-9H2,1-3H3. The van der Waals surface area contributed by atoms with Crippen LogP contribution in [0.15, 0.2) is 0 Å². The molecule has 0 spiro atoms. The summed E-state index contributed by atoms with van der Waals surface area (Å²) in [6.45, 7) is 4.38. The van der Waals surface area contributed by atoms with E-state index in [-0.39, 0.29) is 5.60 Å². The van der Waals surface area contributed by atoms with E-state index in [1.807, 2.05) is 7.05 Å². The Labute approximate surface area is 88.1 Å². The molecule has 1 aliphatic carbocycles. The molecule has 0 aliphatic heterocycles. The van der Waals surface area contributed by atoms with Crippen LogP contribution < -0.4 is 5.32 Å². The van der Waals surface area contributed by atoms with Gasteiger partial charge in [0.05, 0.1) is 5.60 Å². The molecule has 0 saturated heterocycles. The minimum Gasteiger partial charge on any atom is -0.390 e. The highest BCUT2D eigenvalue weighted by atomic mass is 16.3. The first-order chi connectivity index (χ1) is 6.66. The molecule has 0 unspecified atom stereocenters. The van der Waals surface area contributed by atoms with E-state index in [4.69, 9.17) is 0 Å². The van der Waals surface area contributed by atoms with Crippen molar-refractivity contribution in [2.45, 2.75) is 64.0 Å². The molecule has 1 aliphatic rings. The Morgan fingerprint density at radius 1 is 1.29 bits per heavy atom. The number of aliphatic hydroxyl groups is 1. The van der Waals surface area contributed by atoms with E-state index in [1.54, 1.807) is 0 Å². The van der Waals surface area contributed by atoms with Crippen molar-refractivity contribution in [2.75, 3.05) is 7.05 Å². The maximum absolute atomic E-state index is 10.5. The van der Waals surface area contributed by atoms with Crippen LogP contribution in [0.5, 0.6) is 0 Å². The van der Waals surface area contributed by atoms with Gasteiger partial charge in [-0.25, -0.2) is 0 Å². The molecule has 84 valence electrons. The normalized spacial score (nSPS) is 33.6. The van der Waals surface area contributed by atoms with Gasteiger partial charge in [0.2, 0.25) is 0 Å². The van der Waals surface area contributed by atoms with E-state index in [2.05, 4.69) is 19.2 Å². The largest absolute Gasteiger partial charge is 0.390 e. The van der Waals surface area contributed by atoms with E-state index in [1.165, 1.54) is 0 Å². The van der Waals surface area contributed by atoms with Crippen molar-refractivity contribution in [2.24, 2.45) is 5.92 Å². The van der Waals surface area contributed by atoms with Crippen molar-refractivity contribution in [1.82, 2.24) is 5.32 Å². The molecule has 0 amide bonds. The summed E-state index contributed by atoms with van der Waals surface area (Å²) in [6.07, 6.45) is 6.43. The fourth-order valence-electron chi connectivity index (χ4n) is 2.86. The molecule has 0 atom stereocenters. The molecule has 0 aromatic rings. The Balaban J connectivity index is 2.51. The first-order valence-electron chi connectivity index (χ1n) is 6.06.